The molecule has 0 aliphatic rings. The summed E-state index contributed by atoms with van der Waals surface area (Å²) in [6, 6.07) is 5.72. The molecule has 6 nitrogen and oxygen atoms in total. The third-order valence-electron chi connectivity index (χ3n) is 8.70. The molecule has 4 heterocycles. The van der Waals surface area contributed by atoms with Crippen LogP contribution in [0.25, 0.3) is 106 Å². The van der Waals surface area contributed by atoms with Gasteiger partial charge < -0.3 is 8.83 Å². The van der Waals surface area contributed by atoms with Gasteiger partial charge in [0.25, 0.3) is 0 Å². The Balaban J connectivity index is 1.33. The Bertz CT molecular complexity index is 4110. The van der Waals surface area contributed by atoms with Crippen molar-refractivity contribution in [1.82, 2.24) is 19.5 Å². The maximum atomic E-state index is 9.56. The first-order valence-corrected chi connectivity index (χ1v) is 15.6. The van der Waals surface area contributed by atoms with Crippen molar-refractivity contribution in [1.29, 1.82) is 0 Å². The fourth-order valence-electron chi connectivity index (χ4n) is 6.41. The van der Waals surface area contributed by atoms with Gasteiger partial charge in [-0.25, -0.2) is 4.98 Å². The van der Waals surface area contributed by atoms with Gasteiger partial charge in [0, 0.05) is 32.5 Å². The molecule has 238 valence electrons. The van der Waals surface area contributed by atoms with E-state index >= 15 is 0 Å². The first-order valence-electron chi connectivity index (χ1n) is 24.1. The fourth-order valence-corrected chi connectivity index (χ4v) is 6.41. The molecule has 0 aliphatic heterocycles. The predicted octanol–water partition coefficient (Wildman–Crippen LogP) is 11.8. The average Bonchev–Trinajstić information content (AvgIpc) is 4.05. The van der Waals surface area contributed by atoms with Gasteiger partial charge in [0.1, 0.15) is 22.3 Å². The Labute approximate surface area is 314 Å². The minimum atomic E-state index is -0.710. The van der Waals surface area contributed by atoms with Crippen LogP contribution in [0.2, 0.25) is 0 Å². The highest BCUT2D eigenvalue weighted by Gasteiger charge is 2.22. The molecule has 0 fully saturated rings. The van der Waals surface area contributed by atoms with Crippen LogP contribution in [0.1, 0.15) is 23.3 Å². The van der Waals surface area contributed by atoms with E-state index in [9.17, 15) is 6.85 Å². The summed E-state index contributed by atoms with van der Waals surface area (Å²) in [4.78, 5) is 14.3. The van der Waals surface area contributed by atoms with Crippen LogP contribution >= 0.6 is 0 Å². The number of fused-ring (bicyclic) bond motifs is 10. The Morgan fingerprint density at radius 1 is 0.451 bits per heavy atom. The predicted molar refractivity (Wildman–Crippen MR) is 205 cm³/mol. The number of nitrogens with zero attached hydrogens (tertiary/aromatic N) is 4. The van der Waals surface area contributed by atoms with E-state index in [0.717, 1.165) is 15.7 Å². The standard InChI is InChI=1S/C45H26N4O2/c1-2-11-27(12-3-1)28-21-23-29(24-22-28)43-46-44(35-17-10-16-32-30-13-5-8-19-38(30)50-41(32)35)48-45(47-43)49-36-18-7-4-15-34(36)40-37(49)26-25-33-31-14-6-9-20-39(31)51-42(33)40/h1-26H/i4D,5D,6D,7D,8D,9D,10D,13D,14D,15D,16D,17D,18D,19D,20D,25D,26D. The van der Waals surface area contributed by atoms with Crippen molar-refractivity contribution < 1.29 is 32.1 Å². The molecule has 0 aliphatic carbocycles. The van der Waals surface area contributed by atoms with E-state index in [0.29, 0.717) is 5.56 Å². The zero-order chi connectivity index (χ0) is 48.3. The molecular weight excluding hydrogens is 629 g/mol. The molecule has 0 amide bonds. The number of para-hydroxylation sites is 4. The normalized spacial score (nSPS) is 16.6. The van der Waals surface area contributed by atoms with Crippen molar-refractivity contribution in [2.45, 2.75) is 0 Å². The summed E-state index contributed by atoms with van der Waals surface area (Å²) in [5.41, 5.74) is -0.299. The Morgan fingerprint density at radius 2 is 1.06 bits per heavy atom. The Morgan fingerprint density at radius 3 is 1.84 bits per heavy atom. The zero-order valence-electron chi connectivity index (χ0n) is 42.8. The number of aromatic nitrogens is 4. The second kappa shape index (κ2) is 10.7. The van der Waals surface area contributed by atoms with Crippen molar-refractivity contribution in [2.75, 3.05) is 0 Å². The van der Waals surface area contributed by atoms with Crippen LogP contribution in [0.3, 0.4) is 0 Å². The fraction of sp³-hybridized carbons (Fsp3) is 0. The van der Waals surface area contributed by atoms with Gasteiger partial charge in [-0.2, -0.15) is 9.97 Å². The molecule has 0 bridgehead atoms. The van der Waals surface area contributed by atoms with Crippen molar-refractivity contribution in [3.05, 3.63) is 157 Å². The molecule has 7 aromatic carbocycles. The summed E-state index contributed by atoms with van der Waals surface area (Å²) in [5.74, 6) is -0.998. The lowest BCUT2D eigenvalue weighted by Gasteiger charge is -2.11. The van der Waals surface area contributed by atoms with Gasteiger partial charge in [0.05, 0.1) is 45.3 Å². The molecule has 0 unspecified atom stereocenters. The van der Waals surface area contributed by atoms with E-state index in [4.69, 9.17) is 40.2 Å². The summed E-state index contributed by atoms with van der Waals surface area (Å²) in [5, 5.41) is -1.33. The Kier molecular flexibility index (Phi) is 3.39. The van der Waals surface area contributed by atoms with E-state index < -0.39 is 114 Å². The van der Waals surface area contributed by atoms with Crippen molar-refractivity contribution in [3.8, 4) is 39.9 Å². The van der Waals surface area contributed by atoms with Crippen LogP contribution in [0.15, 0.2) is 166 Å². The number of benzene rings is 7. The monoisotopic (exact) mass is 671 g/mol. The van der Waals surface area contributed by atoms with Gasteiger partial charge >= 0.3 is 0 Å². The van der Waals surface area contributed by atoms with Gasteiger partial charge in [-0.05, 0) is 47.4 Å². The van der Waals surface area contributed by atoms with E-state index in [2.05, 4.69) is 0 Å². The van der Waals surface area contributed by atoms with E-state index in [1.54, 1.807) is 24.3 Å². The van der Waals surface area contributed by atoms with Crippen LogP contribution in [0.5, 0.6) is 0 Å². The molecule has 0 spiro atoms. The van der Waals surface area contributed by atoms with E-state index in [-0.39, 0.29) is 77.1 Å². The summed E-state index contributed by atoms with van der Waals surface area (Å²) in [7, 11) is 0. The van der Waals surface area contributed by atoms with Gasteiger partial charge in [-0.1, -0.05) is 121 Å². The minimum absolute atomic E-state index is 0.124. The highest BCUT2D eigenvalue weighted by Crippen LogP contribution is 2.41. The molecule has 0 radical (unpaired) electrons. The highest BCUT2D eigenvalue weighted by molar-refractivity contribution is 6.23. The zero-order valence-corrected chi connectivity index (χ0v) is 25.8. The van der Waals surface area contributed by atoms with Crippen LogP contribution in [0.4, 0.5) is 0 Å². The Hall–Kier alpha value is -7.05. The number of rotatable bonds is 4. The second-order valence-corrected chi connectivity index (χ2v) is 11.5. The lowest BCUT2D eigenvalue weighted by molar-refractivity contribution is 0.669. The molecule has 0 N–H and O–H groups in total. The van der Waals surface area contributed by atoms with Crippen LogP contribution in [-0.2, 0) is 0 Å². The lowest BCUT2D eigenvalue weighted by atomic mass is 10.0. The quantitative estimate of drug-likeness (QED) is 0.186. The van der Waals surface area contributed by atoms with Gasteiger partial charge in [-0.15, -0.1) is 0 Å². The average molecular weight is 672 g/mol. The van der Waals surface area contributed by atoms with Crippen molar-refractivity contribution in [3.63, 3.8) is 0 Å². The molecule has 0 saturated heterocycles. The second-order valence-electron chi connectivity index (χ2n) is 11.5. The topological polar surface area (TPSA) is 69.9 Å². The number of hydrogen-bond acceptors (Lipinski definition) is 5. The molecule has 0 atom stereocenters. The molecular formula is C45H26N4O2. The first kappa shape index (κ1) is 16.1. The summed E-state index contributed by atoms with van der Waals surface area (Å²) < 4.78 is 164. The molecule has 51 heavy (non-hydrogen) atoms. The van der Waals surface area contributed by atoms with E-state index in [1.165, 1.54) is 0 Å². The molecule has 0 saturated carbocycles. The minimum Gasteiger partial charge on any atom is -0.455 e. The third-order valence-corrected chi connectivity index (χ3v) is 8.70. The first-order chi connectivity index (χ1) is 32.3. The smallest absolute Gasteiger partial charge is 0.238 e. The molecule has 4 aromatic heterocycles. The molecule has 11 rings (SSSR count). The summed E-state index contributed by atoms with van der Waals surface area (Å²) >= 11 is 0. The van der Waals surface area contributed by atoms with Crippen molar-refractivity contribution in [2.24, 2.45) is 0 Å². The molecule has 11 aromatic rings. The maximum Gasteiger partial charge on any atom is 0.238 e. The van der Waals surface area contributed by atoms with Crippen LogP contribution in [-0.4, -0.2) is 19.5 Å². The van der Waals surface area contributed by atoms with Crippen LogP contribution in [0, 0.1) is 0 Å². The number of hydrogen-bond donors (Lipinski definition) is 0. The van der Waals surface area contributed by atoms with Gasteiger partial charge in [0.15, 0.2) is 11.6 Å². The van der Waals surface area contributed by atoms with E-state index in [1.807, 2.05) is 30.3 Å². The third kappa shape index (κ3) is 4.20. The maximum absolute atomic E-state index is 9.56. The summed E-state index contributed by atoms with van der Waals surface area (Å²) in [6.45, 7) is 0. The molecule has 6 heteroatoms. The SMILES string of the molecule is [2H]c1c([2H])c([2H])c2c(oc3c(-c4nc(-c5ccc(-c6ccccc6)cc5)nc(-n5c6c([2H])c([2H])c([2H])c([2H])c6c6c7oc8c([2H])c([2H])c([2H])c([2H])c8c7c([2H])c([2H])c65)n4)c([2H])c([2H])c([2H])c32)c1[2H]. The van der Waals surface area contributed by atoms with Gasteiger partial charge in [0.2, 0.25) is 5.95 Å². The number of furan rings is 2. The summed E-state index contributed by atoms with van der Waals surface area (Å²) in [6.07, 6.45) is 0. The van der Waals surface area contributed by atoms with Crippen LogP contribution < -0.4 is 0 Å². The largest absolute Gasteiger partial charge is 0.455 e. The highest BCUT2D eigenvalue weighted by atomic mass is 16.3. The van der Waals surface area contributed by atoms with Crippen molar-refractivity contribution >= 4 is 65.7 Å². The lowest BCUT2D eigenvalue weighted by Crippen LogP contribution is -2.06. The van der Waals surface area contributed by atoms with Gasteiger partial charge in [-0.3, -0.25) is 4.57 Å².